The number of benzene rings is 2. The van der Waals surface area contributed by atoms with E-state index in [0.717, 1.165) is 21.9 Å². The second-order valence-corrected chi connectivity index (χ2v) is 8.76. The predicted octanol–water partition coefficient (Wildman–Crippen LogP) is 2.79. The summed E-state index contributed by atoms with van der Waals surface area (Å²) >= 11 is 0. The third-order valence-corrected chi connectivity index (χ3v) is 5.30. The molecule has 0 bridgehead atoms. The second-order valence-electron chi connectivity index (χ2n) is 6.90. The number of hydrazone groups is 1. The van der Waals surface area contributed by atoms with Crippen molar-refractivity contribution in [1.29, 1.82) is 0 Å². The minimum atomic E-state index is -3.71. The van der Waals surface area contributed by atoms with Crippen LogP contribution in [0.15, 0.2) is 53.6 Å². The molecule has 8 nitrogen and oxygen atoms in total. The minimum Gasteiger partial charge on any atom is -0.497 e. The molecule has 0 aliphatic carbocycles. The van der Waals surface area contributed by atoms with Crippen molar-refractivity contribution >= 4 is 27.8 Å². The van der Waals surface area contributed by atoms with Gasteiger partial charge < -0.3 is 9.47 Å². The molecule has 30 heavy (non-hydrogen) atoms. The average Bonchev–Trinajstić information content (AvgIpc) is 2.68. The van der Waals surface area contributed by atoms with E-state index in [2.05, 4.69) is 10.5 Å². The van der Waals surface area contributed by atoms with Gasteiger partial charge in [-0.1, -0.05) is 0 Å². The zero-order chi connectivity index (χ0) is 22.3. The third kappa shape index (κ3) is 6.48. The Kier molecular flexibility index (Phi) is 7.82. The van der Waals surface area contributed by atoms with Crippen molar-refractivity contribution in [3.8, 4) is 11.5 Å². The average molecular weight is 434 g/mol. The summed E-state index contributed by atoms with van der Waals surface area (Å²) in [6, 6.07) is 12.6. The molecule has 0 saturated heterocycles. The number of hydrogen-bond donors (Lipinski definition) is 1. The van der Waals surface area contributed by atoms with Crippen molar-refractivity contribution in [2.45, 2.75) is 32.9 Å². The summed E-state index contributed by atoms with van der Waals surface area (Å²) in [6.45, 7) is 5.38. The SMILES string of the molecule is COc1ccc(N(C(C)C(=O)NN=Cc2ccc(OC(C)C)cc2)S(C)(=O)=O)cc1. The van der Waals surface area contributed by atoms with Crippen LogP contribution in [0.25, 0.3) is 0 Å². The first-order valence-electron chi connectivity index (χ1n) is 9.35. The zero-order valence-corrected chi connectivity index (χ0v) is 18.5. The standard InChI is InChI=1S/C21H27N3O5S/c1-15(2)29-20-10-6-17(7-11-20)14-22-23-21(25)16(3)24(30(5,26)27)18-8-12-19(28-4)13-9-18/h6-16H,1-5H3,(H,23,25). The van der Waals surface area contributed by atoms with Gasteiger partial charge in [0.15, 0.2) is 0 Å². The first-order valence-corrected chi connectivity index (χ1v) is 11.2. The number of carbonyl (C=O) groups is 1. The van der Waals surface area contributed by atoms with Crippen LogP contribution >= 0.6 is 0 Å². The maximum absolute atomic E-state index is 12.5. The molecule has 0 aromatic heterocycles. The van der Waals surface area contributed by atoms with E-state index in [1.165, 1.54) is 20.2 Å². The molecule has 2 rings (SSSR count). The van der Waals surface area contributed by atoms with Crippen LogP contribution in [0.1, 0.15) is 26.3 Å². The quantitative estimate of drug-likeness (QED) is 0.484. The first-order chi connectivity index (χ1) is 14.1. The van der Waals surface area contributed by atoms with Gasteiger partial charge in [0.1, 0.15) is 17.5 Å². The van der Waals surface area contributed by atoms with Crippen LogP contribution in [0.4, 0.5) is 5.69 Å². The van der Waals surface area contributed by atoms with Crippen LogP contribution < -0.4 is 19.2 Å². The third-order valence-electron chi connectivity index (χ3n) is 4.06. The van der Waals surface area contributed by atoms with Crippen LogP contribution in [0.3, 0.4) is 0 Å². The number of anilines is 1. The molecule has 0 spiro atoms. The van der Waals surface area contributed by atoms with Crippen molar-refractivity contribution in [2.75, 3.05) is 17.7 Å². The molecule has 162 valence electrons. The number of methoxy groups -OCH3 is 1. The fourth-order valence-corrected chi connectivity index (χ4v) is 3.88. The number of rotatable bonds is 9. The van der Waals surface area contributed by atoms with Crippen LogP contribution in [0, 0.1) is 0 Å². The normalized spacial score (nSPS) is 12.6. The van der Waals surface area contributed by atoms with Gasteiger partial charge in [-0.05, 0) is 74.9 Å². The predicted molar refractivity (Wildman–Crippen MR) is 118 cm³/mol. The van der Waals surface area contributed by atoms with E-state index in [9.17, 15) is 13.2 Å². The zero-order valence-electron chi connectivity index (χ0n) is 17.7. The lowest BCUT2D eigenvalue weighted by Crippen LogP contribution is -2.46. The van der Waals surface area contributed by atoms with Gasteiger partial charge in [-0.15, -0.1) is 0 Å². The summed E-state index contributed by atoms with van der Waals surface area (Å²) in [5.74, 6) is 0.758. The topological polar surface area (TPSA) is 97.3 Å². The molecule has 1 unspecified atom stereocenters. The summed E-state index contributed by atoms with van der Waals surface area (Å²) < 4.78 is 36.3. The Morgan fingerprint density at radius 1 is 1.03 bits per heavy atom. The minimum absolute atomic E-state index is 0.0776. The number of amides is 1. The number of nitrogens with one attached hydrogen (secondary N) is 1. The van der Waals surface area contributed by atoms with Crippen molar-refractivity contribution in [1.82, 2.24) is 5.43 Å². The molecule has 0 radical (unpaired) electrons. The van der Waals surface area contributed by atoms with E-state index in [1.807, 2.05) is 13.8 Å². The second kappa shape index (κ2) is 10.1. The fraction of sp³-hybridized carbons (Fsp3) is 0.333. The van der Waals surface area contributed by atoms with Crippen molar-refractivity contribution in [3.05, 3.63) is 54.1 Å². The van der Waals surface area contributed by atoms with Gasteiger partial charge in [-0.3, -0.25) is 9.10 Å². The largest absolute Gasteiger partial charge is 0.497 e. The Labute approximate surface area is 177 Å². The lowest BCUT2D eigenvalue weighted by molar-refractivity contribution is -0.121. The summed E-state index contributed by atoms with van der Waals surface area (Å²) in [7, 11) is -2.19. The van der Waals surface area contributed by atoms with Gasteiger partial charge in [-0.25, -0.2) is 13.8 Å². The monoisotopic (exact) mass is 433 g/mol. The van der Waals surface area contributed by atoms with E-state index in [4.69, 9.17) is 9.47 Å². The molecular formula is C21H27N3O5S. The highest BCUT2D eigenvalue weighted by Crippen LogP contribution is 2.23. The maximum Gasteiger partial charge on any atom is 0.263 e. The van der Waals surface area contributed by atoms with E-state index in [1.54, 1.807) is 48.5 Å². The summed E-state index contributed by atoms with van der Waals surface area (Å²) in [5.41, 5.74) is 3.50. The van der Waals surface area contributed by atoms with Crippen LogP contribution in [0.2, 0.25) is 0 Å². The van der Waals surface area contributed by atoms with E-state index >= 15 is 0 Å². The Bertz CT molecular complexity index is 971. The van der Waals surface area contributed by atoms with Gasteiger partial charge in [-0.2, -0.15) is 5.10 Å². The van der Waals surface area contributed by atoms with Crippen molar-refractivity contribution in [2.24, 2.45) is 5.10 Å². The van der Waals surface area contributed by atoms with E-state index in [0.29, 0.717) is 11.4 Å². The number of nitrogens with zero attached hydrogens (tertiary/aromatic N) is 2. The van der Waals surface area contributed by atoms with Crippen LogP contribution in [-0.4, -0.2) is 46.1 Å². The van der Waals surface area contributed by atoms with E-state index in [-0.39, 0.29) is 6.10 Å². The lowest BCUT2D eigenvalue weighted by Gasteiger charge is -2.27. The van der Waals surface area contributed by atoms with Crippen molar-refractivity contribution < 1.29 is 22.7 Å². The molecule has 2 aromatic rings. The molecule has 1 N–H and O–H groups in total. The highest BCUT2D eigenvalue weighted by atomic mass is 32.2. The Morgan fingerprint density at radius 2 is 1.60 bits per heavy atom. The fourth-order valence-electron chi connectivity index (χ4n) is 2.71. The Hall–Kier alpha value is -3.07. The number of sulfonamides is 1. The maximum atomic E-state index is 12.5. The van der Waals surface area contributed by atoms with Gasteiger partial charge in [0.2, 0.25) is 10.0 Å². The summed E-state index contributed by atoms with van der Waals surface area (Å²) in [4.78, 5) is 12.5. The van der Waals surface area contributed by atoms with Gasteiger partial charge in [0.25, 0.3) is 5.91 Å². The molecular weight excluding hydrogens is 406 g/mol. The molecule has 0 heterocycles. The number of hydrogen-bond acceptors (Lipinski definition) is 6. The molecule has 0 saturated carbocycles. The smallest absolute Gasteiger partial charge is 0.263 e. The van der Waals surface area contributed by atoms with Crippen molar-refractivity contribution in [3.63, 3.8) is 0 Å². The number of ether oxygens (including phenoxy) is 2. The molecule has 0 aliphatic rings. The molecule has 0 aliphatic heterocycles. The highest BCUT2D eigenvalue weighted by molar-refractivity contribution is 7.92. The van der Waals surface area contributed by atoms with E-state index < -0.39 is 22.0 Å². The van der Waals surface area contributed by atoms with Crippen LogP contribution in [-0.2, 0) is 14.8 Å². The highest BCUT2D eigenvalue weighted by Gasteiger charge is 2.29. The van der Waals surface area contributed by atoms with Crippen LogP contribution in [0.5, 0.6) is 11.5 Å². The Balaban J connectivity index is 2.08. The van der Waals surface area contributed by atoms with Gasteiger partial charge in [0, 0.05) is 0 Å². The molecule has 9 heteroatoms. The molecule has 2 aromatic carbocycles. The lowest BCUT2D eigenvalue weighted by atomic mass is 10.2. The molecule has 1 amide bonds. The molecule has 1 atom stereocenters. The summed E-state index contributed by atoms with van der Waals surface area (Å²) in [5, 5.41) is 3.93. The Morgan fingerprint density at radius 3 is 2.10 bits per heavy atom. The molecule has 0 fully saturated rings. The summed E-state index contributed by atoms with van der Waals surface area (Å²) in [6.07, 6.45) is 2.60. The van der Waals surface area contributed by atoms with Gasteiger partial charge >= 0.3 is 0 Å². The number of carbonyl (C=O) groups excluding carboxylic acids is 1. The van der Waals surface area contributed by atoms with Gasteiger partial charge in [0.05, 0.1) is 31.4 Å². The first kappa shape index (κ1) is 23.2.